The van der Waals surface area contributed by atoms with Crippen LogP contribution in [0.25, 0.3) is 17.2 Å². The van der Waals surface area contributed by atoms with E-state index >= 15 is 0 Å². The van der Waals surface area contributed by atoms with E-state index in [1.165, 1.54) is 13.2 Å². The number of rotatable bonds is 8. The number of benzene rings is 3. The molecule has 3 rings (SSSR count). The van der Waals surface area contributed by atoms with Gasteiger partial charge >= 0.3 is 0 Å². The van der Waals surface area contributed by atoms with Crippen molar-refractivity contribution in [2.24, 2.45) is 0 Å². The molecule has 0 atom stereocenters. The molecular weight excluding hydrogens is 520 g/mol. The normalized spacial score (nSPS) is 10.4. The second kappa shape index (κ2) is 12.9. The molecule has 0 fully saturated rings. The second-order valence-corrected chi connectivity index (χ2v) is 9.56. The molecule has 0 aliphatic rings. The van der Waals surface area contributed by atoms with Gasteiger partial charge in [0.1, 0.15) is 27.9 Å². The number of aryl methyl sites for hydroxylation is 1. The highest BCUT2D eigenvalue weighted by atomic mass is 32.2. The average molecular weight is 549 g/mol. The van der Waals surface area contributed by atoms with Gasteiger partial charge < -0.3 is 18.9 Å². The van der Waals surface area contributed by atoms with Gasteiger partial charge in [0.05, 0.1) is 39.4 Å². The first-order valence-corrected chi connectivity index (χ1v) is 13.2. The average Bonchev–Trinajstić information content (AvgIpc) is 2.88. The Kier molecular flexibility index (Phi) is 10.3. The topological polar surface area (TPSA) is 125 Å². The maximum atomic E-state index is 11.7. The third-order valence-electron chi connectivity index (χ3n) is 5.22. The summed E-state index contributed by atoms with van der Waals surface area (Å²) in [6.45, 7) is 5.35. The van der Waals surface area contributed by atoms with Crippen molar-refractivity contribution in [2.45, 2.75) is 11.8 Å². The van der Waals surface area contributed by atoms with Crippen molar-refractivity contribution in [3.05, 3.63) is 71.8 Å². The lowest BCUT2D eigenvalue weighted by Crippen LogP contribution is -2.04. The van der Waals surface area contributed by atoms with Gasteiger partial charge in [0, 0.05) is 23.3 Å². The van der Waals surface area contributed by atoms with Crippen LogP contribution < -0.4 is 18.9 Å². The fraction of sp³-hybridized carbons (Fsp3) is 0.192. The summed E-state index contributed by atoms with van der Waals surface area (Å²) in [5, 5.41) is 0.885. The summed E-state index contributed by atoms with van der Waals surface area (Å²) in [7, 11) is -0.812. The molecule has 3 aromatic carbocycles. The molecule has 198 valence electrons. The second-order valence-electron chi connectivity index (χ2n) is 7.41. The van der Waals surface area contributed by atoms with Gasteiger partial charge in [0.15, 0.2) is 0 Å². The van der Waals surface area contributed by atoms with Crippen LogP contribution in [0.5, 0.6) is 23.0 Å². The van der Waals surface area contributed by atoms with Crippen molar-refractivity contribution < 1.29 is 40.3 Å². The van der Waals surface area contributed by atoms with Gasteiger partial charge in [-0.15, -0.1) is 0 Å². The van der Waals surface area contributed by atoms with Gasteiger partial charge in [-0.25, -0.2) is 0 Å². The molecule has 9 nitrogen and oxygen atoms in total. The summed E-state index contributed by atoms with van der Waals surface area (Å²) >= 11 is 0. The van der Waals surface area contributed by atoms with Crippen LogP contribution in [-0.2, 0) is 20.4 Å². The molecule has 0 aliphatic heterocycles. The van der Waals surface area contributed by atoms with Crippen LogP contribution in [0, 0.1) is 6.92 Å². The van der Waals surface area contributed by atoms with Crippen molar-refractivity contribution in [3.8, 4) is 34.1 Å². The van der Waals surface area contributed by atoms with Crippen LogP contribution in [-0.4, -0.2) is 55.2 Å². The van der Waals surface area contributed by atoms with E-state index in [1.807, 2.05) is 0 Å². The summed E-state index contributed by atoms with van der Waals surface area (Å²) in [6.07, 6.45) is 1.69. The van der Waals surface area contributed by atoms with Gasteiger partial charge in [-0.05, 0) is 36.2 Å². The molecule has 1 N–H and O–H groups in total. The predicted octanol–water partition coefficient (Wildman–Crippen LogP) is 4.30. The SMILES string of the molecule is C=Cc1c(OC)cc(OC)cc1OC.COc1ccccc1-c1cc(C)c(C=S(=O)=O)cc1S(=O)(=O)O. The molecule has 0 heterocycles. The quantitative estimate of drug-likeness (QED) is 0.324. The summed E-state index contributed by atoms with van der Waals surface area (Å²) in [5.74, 6) is 2.51. The van der Waals surface area contributed by atoms with Crippen LogP contribution in [0.15, 0.2) is 60.0 Å². The summed E-state index contributed by atoms with van der Waals surface area (Å²) in [6, 6.07) is 12.9. The Bertz CT molecular complexity index is 1490. The molecular formula is C26H28O9S2. The monoisotopic (exact) mass is 548 g/mol. The van der Waals surface area contributed by atoms with E-state index in [1.54, 1.807) is 70.7 Å². The van der Waals surface area contributed by atoms with Gasteiger partial charge in [0.2, 0.25) is 10.3 Å². The lowest BCUT2D eigenvalue weighted by atomic mass is 9.99. The lowest BCUT2D eigenvalue weighted by molar-refractivity contribution is 0.374. The minimum Gasteiger partial charge on any atom is -0.496 e. The van der Waals surface area contributed by atoms with Crippen molar-refractivity contribution in [2.75, 3.05) is 28.4 Å². The third-order valence-corrected chi connectivity index (χ3v) is 6.56. The van der Waals surface area contributed by atoms with Gasteiger partial charge in [-0.1, -0.05) is 30.9 Å². The third kappa shape index (κ3) is 7.35. The molecule has 0 spiro atoms. The molecule has 0 saturated carbocycles. The summed E-state index contributed by atoms with van der Waals surface area (Å²) in [4.78, 5) is -0.385. The standard InChI is InChI=1S/C15H14O6S2.C11H14O3/c1-10-7-13(12-5-3-4-6-14(12)21-2)15(23(18,19)20)8-11(10)9-22(16)17;1-5-9-10(13-3)6-8(12-2)7-11(9)14-4/h3-9H,1-2H3,(H,18,19,20);5-7H,1H2,2-4H3. The fourth-order valence-electron chi connectivity index (χ4n) is 3.46. The first kappa shape index (κ1) is 29.4. The zero-order valence-corrected chi connectivity index (χ0v) is 22.6. The number of hydrogen-bond acceptors (Lipinski definition) is 8. The van der Waals surface area contributed by atoms with Gasteiger partial charge in [0.25, 0.3) is 10.1 Å². The van der Waals surface area contributed by atoms with E-state index in [2.05, 4.69) is 6.58 Å². The van der Waals surface area contributed by atoms with E-state index < -0.39 is 20.4 Å². The molecule has 0 amide bonds. The van der Waals surface area contributed by atoms with Crippen LogP contribution in [0.4, 0.5) is 0 Å². The predicted molar refractivity (Wildman–Crippen MR) is 143 cm³/mol. The van der Waals surface area contributed by atoms with Crippen LogP contribution in [0.1, 0.15) is 16.7 Å². The van der Waals surface area contributed by atoms with E-state index in [-0.39, 0.29) is 16.0 Å². The van der Waals surface area contributed by atoms with Crippen molar-refractivity contribution in [3.63, 3.8) is 0 Å². The number of para-hydroxylation sites is 1. The number of methoxy groups -OCH3 is 4. The molecule has 0 aliphatic carbocycles. The Hall–Kier alpha value is -3.80. The van der Waals surface area contributed by atoms with E-state index in [0.29, 0.717) is 34.1 Å². The van der Waals surface area contributed by atoms with Crippen molar-refractivity contribution >= 4 is 31.9 Å². The molecule has 3 aromatic rings. The Morgan fingerprint density at radius 3 is 1.86 bits per heavy atom. The first-order valence-electron chi connectivity index (χ1n) is 10.6. The zero-order valence-electron chi connectivity index (χ0n) is 21.0. The Balaban J connectivity index is 0.000000294. The Labute approximate surface area is 218 Å². The molecule has 11 heteroatoms. The summed E-state index contributed by atoms with van der Waals surface area (Å²) in [5.41, 5.74) is 2.26. The maximum absolute atomic E-state index is 11.7. The number of ether oxygens (including phenoxy) is 4. The summed E-state index contributed by atoms with van der Waals surface area (Å²) < 4.78 is 75.4. The number of hydrogen-bond donors (Lipinski definition) is 1. The highest BCUT2D eigenvalue weighted by molar-refractivity contribution is 7.86. The fourth-order valence-corrected chi connectivity index (χ4v) is 4.64. The molecule has 37 heavy (non-hydrogen) atoms. The van der Waals surface area contributed by atoms with E-state index in [0.717, 1.165) is 17.0 Å². The zero-order chi connectivity index (χ0) is 27.8. The van der Waals surface area contributed by atoms with Crippen molar-refractivity contribution in [1.29, 1.82) is 0 Å². The molecule has 0 bridgehead atoms. The van der Waals surface area contributed by atoms with E-state index in [9.17, 15) is 21.4 Å². The van der Waals surface area contributed by atoms with Gasteiger partial charge in [-0.2, -0.15) is 16.8 Å². The molecule has 0 saturated heterocycles. The van der Waals surface area contributed by atoms with Gasteiger partial charge in [-0.3, -0.25) is 4.55 Å². The highest BCUT2D eigenvalue weighted by Gasteiger charge is 2.21. The van der Waals surface area contributed by atoms with E-state index in [4.69, 9.17) is 18.9 Å². The molecule has 0 aromatic heterocycles. The van der Waals surface area contributed by atoms with Crippen molar-refractivity contribution in [1.82, 2.24) is 0 Å². The minimum atomic E-state index is -4.56. The first-order chi connectivity index (χ1) is 17.5. The van der Waals surface area contributed by atoms with Crippen LogP contribution >= 0.6 is 0 Å². The molecule has 0 unspecified atom stereocenters. The smallest absolute Gasteiger partial charge is 0.295 e. The largest absolute Gasteiger partial charge is 0.496 e. The maximum Gasteiger partial charge on any atom is 0.295 e. The Morgan fingerprint density at radius 2 is 1.41 bits per heavy atom. The minimum absolute atomic E-state index is 0.185. The Morgan fingerprint density at radius 1 is 0.838 bits per heavy atom. The molecule has 0 radical (unpaired) electrons. The van der Waals surface area contributed by atoms with Crippen LogP contribution in [0.2, 0.25) is 0 Å². The lowest BCUT2D eigenvalue weighted by Gasteiger charge is -2.13. The highest BCUT2D eigenvalue weighted by Crippen LogP contribution is 2.36. The van der Waals surface area contributed by atoms with Crippen LogP contribution in [0.3, 0.4) is 0 Å².